The molecule has 0 rings (SSSR count). The van der Waals surface area contributed by atoms with Gasteiger partial charge in [0.15, 0.2) is 0 Å². The fourth-order valence-corrected chi connectivity index (χ4v) is 1.09. The zero-order valence-corrected chi connectivity index (χ0v) is 8.47. The smallest absolute Gasteiger partial charge is 0.306 e. The molecule has 0 spiro atoms. The molecule has 0 aliphatic rings. The molecule has 0 aliphatic carbocycles. The van der Waals surface area contributed by atoms with Crippen LogP contribution < -0.4 is 0 Å². The molecule has 0 unspecified atom stereocenters. The third-order valence-corrected chi connectivity index (χ3v) is 1.62. The molecule has 0 aromatic rings. The fraction of sp³-hybridized carbons (Fsp3) is 0.875. The minimum absolute atomic E-state index is 0.102. The van der Waals surface area contributed by atoms with Crippen LogP contribution in [0.1, 0.15) is 39.5 Å². The second kappa shape index (κ2) is 9.76. The van der Waals surface area contributed by atoms with E-state index in [-0.39, 0.29) is 5.92 Å². The quantitative estimate of drug-likeness (QED) is 0.530. The number of rotatable bonds is 5. The van der Waals surface area contributed by atoms with E-state index in [1.165, 1.54) is 0 Å². The van der Waals surface area contributed by atoms with Crippen LogP contribution >= 0.6 is 0 Å². The van der Waals surface area contributed by atoms with E-state index < -0.39 is 11.1 Å². The minimum Gasteiger partial charge on any atom is -0.481 e. The van der Waals surface area contributed by atoms with Gasteiger partial charge in [-0.05, 0) is 12.8 Å². The average molecular weight is 207 g/mol. The average Bonchev–Trinajstić information content (AvgIpc) is 2.02. The van der Waals surface area contributed by atoms with Crippen molar-refractivity contribution in [2.24, 2.45) is 5.92 Å². The van der Waals surface area contributed by atoms with E-state index in [4.69, 9.17) is 20.4 Å². The third kappa shape index (κ3) is 13.3. The minimum atomic E-state index is -1.50. The topological polar surface area (TPSA) is 101 Å². The number of aliphatic carboxylic acids is 1. The van der Waals surface area contributed by atoms with Crippen LogP contribution in [-0.4, -0.2) is 21.4 Å². The molecule has 2 N–H and O–H groups in total. The van der Waals surface area contributed by atoms with Crippen molar-refractivity contribution in [3.8, 4) is 0 Å². The summed E-state index contributed by atoms with van der Waals surface area (Å²) in [5.41, 5.74) is 0. The number of nitrogens with zero attached hydrogens (tertiary/aromatic N) is 1. The maximum absolute atomic E-state index is 10.5. The molecule has 0 fully saturated rings. The molecule has 0 bridgehead atoms. The van der Waals surface area contributed by atoms with Crippen molar-refractivity contribution in [2.45, 2.75) is 39.5 Å². The van der Waals surface area contributed by atoms with Crippen LogP contribution in [0.15, 0.2) is 0 Å². The molecule has 0 radical (unpaired) electrons. The molecule has 0 heterocycles. The van der Waals surface area contributed by atoms with Gasteiger partial charge < -0.3 is 10.3 Å². The summed E-state index contributed by atoms with van der Waals surface area (Å²) in [6.07, 6.45) is 3.58. The first-order valence-electron chi connectivity index (χ1n) is 4.51. The van der Waals surface area contributed by atoms with Gasteiger partial charge in [0.1, 0.15) is 0 Å². The number of carbonyl (C=O) groups is 1. The maximum atomic E-state index is 10.5. The van der Waals surface area contributed by atoms with Crippen molar-refractivity contribution in [1.82, 2.24) is 0 Å². The lowest BCUT2D eigenvalue weighted by Crippen LogP contribution is -2.12. The second-order valence-corrected chi connectivity index (χ2v) is 2.85. The van der Waals surface area contributed by atoms with Crippen LogP contribution in [0.4, 0.5) is 0 Å². The summed E-state index contributed by atoms with van der Waals surface area (Å²) in [7, 11) is 0. The molecular weight excluding hydrogens is 190 g/mol. The molecule has 0 saturated heterocycles. The highest BCUT2D eigenvalue weighted by atomic mass is 16.9. The van der Waals surface area contributed by atoms with E-state index in [9.17, 15) is 4.79 Å². The molecule has 0 aromatic heterocycles. The van der Waals surface area contributed by atoms with E-state index >= 15 is 0 Å². The molecule has 0 aliphatic heterocycles. The third-order valence-electron chi connectivity index (χ3n) is 1.62. The summed E-state index contributed by atoms with van der Waals surface area (Å²) in [4.78, 5) is 18.8. The lowest BCUT2D eigenvalue weighted by atomic mass is 9.99. The Bertz CT molecular complexity index is 161. The highest BCUT2D eigenvalue weighted by Gasteiger charge is 2.13. The van der Waals surface area contributed by atoms with Crippen LogP contribution in [0, 0.1) is 16.0 Å². The van der Waals surface area contributed by atoms with Crippen molar-refractivity contribution in [3.05, 3.63) is 10.1 Å². The molecule has 84 valence electrons. The highest BCUT2D eigenvalue weighted by Crippen LogP contribution is 2.12. The summed E-state index contributed by atoms with van der Waals surface area (Å²) in [6.45, 7) is 4.04. The van der Waals surface area contributed by atoms with Crippen molar-refractivity contribution in [3.63, 3.8) is 0 Å². The predicted octanol–water partition coefficient (Wildman–Crippen LogP) is 1.94. The summed E-state index contributed by atoms with van der Waals surface area (Å²) in [5.74, 6) is -0.737. The van der Waals surface area contributed by atoms with Gasteiger partial charge in [0.25, 0.3) is 5.09 Å². The zero-order valence-electron chi connectivity index (χ0n) is 8.47. The number of carboxylic acid groups (broad SMARTS) is 1. The maximum Gasteiger partial charge on any atom is 0.306 e. The highest BCUT2D eigenvalue weighted by molar-refractivity contribution is 5.69. The standard InChI is InChI=1S/C8H16O2.HNO3/c1-3-5-7(6-4-2)8(9)10;2-1(3)4/h7H,3-6H2,1-2H3,(H,9,10);(H,2,3,4). The van der Waals surface area contributed by atoms with Crippen LogP contribution in [0.25, 0.3) is 0 Å². The van der Waals surface area contributed by atoms with E-state index in [1.807, 2.05) is 13.8 Å². The van der Waals surface area contributed by atoms with Gasteiger partial charge in [0, 0.05) is 0 Å². The van der Waals surface area contributed by atoms with E-state index in [2.05, 4.69) is 0 Å². The van der Waals surface area contributed by atoms with Crippen molar-refractivity contribution >= 4 is 5.97 Å². The monoisotopic (exact) mass is 207 g/mol. The Labute approximate surface area is 82.7 Å². The molecule has 0 atom stereocenters. The number of hydrogen-bond acceptors (Lipinski definition) is 3. The lowest BCUT2D eigenvalue weighted by molar-refractivity contribution is -0.742. The van der Waals surface area contributed by atoms with Crippen LogP contribution in [0.5, 0.6) is 0 Å². The first-order valence-corrected chi connectivity index (χ1v) is 4.51. The van der Waals surface area contributed by atoms with Gasteiger partial charge in [-0.25, -0.2) is 0 Å². The summed E-state index contributed by atoms with van der Waals surface area (Å²) >= 11 is 0. The Morgan fingerprint density at radius 3 is 1.79 bits per heavy atom. The first kappa shape index (κ1) is 15.2. The zero-order chi connectivity index (χ0) is 11.6. The van der Waals surface area contributed by atoms with Crippen molar-refractivity contribution in [2.75, 3.05) is 0 Å². The number of carboxylic acids is 1. The molecule has 0 saturated carbocycles. The summed E-state index contributed by atoms with van der Waals surface area (Å²) in [5, 5.41) is 22.3. The molecule has 0 amide bonds. The largest absolute Gasteiger partial charge is 0.481 e. The Morgan fingerprint density at radius 1 is 1.36 bits per heavy atom. The van der Waals surface area contributed by atoms with Crippen LogP contribution in [0.3, 0.4) is 0 Å². The SMILES string of the molecule is CCCC(CCC)C(=O)O.O=[N+]([O-])O. The second-order valence-electron chi connectivity index (χ2n) is 2.85. The molecule has 6 heteroatoms. The Hall–Kier alpha value is -1.33. The van der Waals surface area contributed by atoms with Gasteiger partial charge in [-0.15, -0.1) is 10.1 Å². The summed E-state index contributed by atoms with van der Waals surface area (Å²) < 4.78 is 0. The summed E-state index contributed by atoms with van der Waals surface area (Å²) in [6, 6.07) is 0. The van der Waals surface area contributed by atoms with Crippen molar-refractivity contribution < 1.29 is 20.2 Å². The van der Waals surface area contributed by atoms with E-state index in [0.717, 1.165) is 25.7 Å². The van der Waals surface area contributed by atoms with Crippen molar-refractivity contribution in [1.29, 1.82) is 0 Å². The number of hydrogen-bond donors (Lipinski definition) is 2. The van der Waals surface area contributed by atoms with Gasteiger partial charge in [0.2, 0.25) is 0 Å². The predicted molar refractivity (Wildman–Crippen MR) is 49.7 cm³/mol. The van der Waals surface area contributed by atoms with Gasteiger partial charge in [-0.1, -0.05) is 26.7 Å². The van der Waals surface area contributed by atoms with E-state index in [1.54, 1.807) is 0 Å². The van der Waals surface area contributed by atoms with E-state index in [0.29, 0.717) is 0 Å². The van der Waals surface area contributed by atoms with Crippen LogP contribution in [-0.2, 0) is 4.79 Å². The normalized spacial score (nSPS) is 9.07. The fourth-order valence-electron chi connectivity index (χ4n) is 1.09. The van der Waals surface area contributed by atoms with Gasteiger partial charge in [0.05, 0.1) is 5.92 Å². The molecule has 0 aromatic carbocycles. The Morgan fingerprint density at radius 2 is 1.64 bits per heavy atom. The lowest BCUT2D eigenvalue weighted by Gasteiger charge is -2.07. The van der Waals surface area contributed by atoms with Gasteiger partial charge in [-0.3, -0.25) is 4.79 Å². The first-order chi connectivity index (χ1) is 6.45. The Balaban J connectivity index is 0. The van der Waals surface area contributed by atoms with Gasteiger partial charge in [-0.2, -0.15) is 0 Å². The Kier molecular flexibility index (Phi) is 10.6. The molecular formula is C8H17NO5. The molecule has 14 heavy (non-hydrogen) atoms. The molecule has 6 nitrogen and oxygen atoms in total. The van der Waals surface area contributed by atoms with Gasteiger partial charge >= 0.3 is 5.97 Å². The van der Waals surface area contributed by atoms with Crippen LogP contribution in [0.2, 0.25) is 0 Å².